The first-order valence-electron chi connectivity index (χ1n) is 4.93. The number of H-pyrrole nitrogens is 1. The number of rotatable bonds is 0. The van der Waals surface area contributed by atoms with Gasteiger partial charge in [0.15, 0.2) is 0 Å². The van der Waals surface area contributed by atoms with Gasteiger partial charge in [-0.25, -0.2) is 4.52 Å². The number of nitrogens with zero attached hydrogens (tertiary/aromatic N) is 2. The number of fused-ring (bicyclic) bond motifs is 3. The lowest BCUT2D eigenvalue weighted by molar-refractivity contribution is 0.107. The number of hydrogen-bond acceptors (Lipinski definition) is 3. The summed E-state index contributed by atoms with van der Waals surface area (Å²) >= 11 is 0. The second-order valence-corrected chi connectivity index (χ2v) is 3.77. The molecule has 3 heterocycles. The van der Waals surface area contributed by atoms with E-state index >= 15 is 0 Å². The van der Waals surface area contributed by atoms with Gasteiger partial charge in [0.05, 0.1) is 30.7 Å². The van der Waals surface area contributed by atoms with Crippen molar-refractivity contribution in [3.63, 3.8) is 0 Å². The molecule has 1 N–H and O–H groups in total. The zero-order chi connectivity index (χ0) is 10.4. The Morgan fingerprint density at radius 3 is 3.33 bits per heavy atom. The van der Waals surface area contributed by atoms with E-state index in [1.54, 1.807) is 6.20 Å². The molecule has 78 valence electrons. The average molecular weight is 205 g/mol. The van der Waals surface area contributed by atoms with Crippen LogP contribution in [0.2, 0.25) is 0 Å². The summed E-state index contributed by atoms with van der Waals surface area (Å²) in [7, 11) is 0. The highest BCUT2D eigenvalue weighted by atomic mass is 16.5. The quantitative estimate of drug-likeness (QED) is 0.677. The number of ether oxygens (including phenoxy) is 1. The maximum absolute atomic E-state index is 11.8. The molecule has 0 bridgehead atoms. The van der Waals surface area contributed by atoms with Gasteiger partial charge in [0.25, 0.3) is 5.56 Å². The Balaban J connectivity index is 2.45. The van der Waals surface area contributed by atoms with Crippen LogP contribution >= 0.6 is 0 Å². The lowest BCUT2D eigenvalue weighted by atomic mass is 10.1. The predicted octanol–water partition coefficient (Wildman–Crippen LogP) is 0.404. The molecule has 0 radical (unpaired) electrons. The van der Waals surface area contributed by atoms with Crippen LogP contribution in [0.1, 0.15) is 16.8 Å². The molecule has 5 heteroatoms. The Labute approximate surface area is 85.7 Å². The van der Waals surface area contributed by atoms with E-state index in [4.69, 9.17) is 4.74 Å². The number of nitrogens with one attached hydrogen (secondary N) is 1. The van der Waals surface area contributed by atoms with Gasteiger partial charge in [-0.2, -0.15) is 5.10 Å². The van der Waals surface area contributed by atoms with Gasteiger partial charge in [-0.15, -0.1) is 0 Å². The summed E-state index contributed by atoms with van der Waals surface area (Å²) in [6, 6.07) is 0. The molecule has 0 amide bonds. The summed E-state index contributed by atoms with van der Waals surface area (Å²) in [6.45, 7) is 2.98. The van der Waals surface area contributed by atoms with Crippen LogP contribution in [0.3, 0.4) is 0 Å². The maximum Gasteiger partial charge on any atom is 0.256 e. The van der Waals surface area contributed by atoms with Crippen molar-refractivity contribution in [2.45, 2.75) is 20.0 Å². The maximum atomic E-state index is 11.8. The summed E-state index contributed by atoms with van der Waals surface area (Å²) in [4.78, 5) is 14.6. The molecule has 0 aromatic carbocycles. The average Bonchev–Trinajstić information content (AvgIpc) is 2.62. The molecule has 0 fully saturated rings. The molecule has 1 aliphatic rings. The third kappa shape index (κ3) is 1.13. The van der Waals surface area contributed by atoms with E-state index in [0.29, 0.717) is 18.8 Å². The van der Waals surface area contributed by atoms with Crippen molar-refractivity contribution >= 4 is 5.65 Å². The van der Waals surface area contributed by atoms with Crippen molar-refractivity contribution < 1.29 is 4.74 Å². The van der Waals surface area contributed by atoms with Gasteiger partial charge in [0, 0.05) is 12.0 Å². The Bertz CT molecular complexity index is 582. The summed E-state index contributed by atoms with van der Waals surface area (Å²) < 4.78 is 7.09. The zero-order valence-electron chi connectivity index (χ0n) is 8.41. The van der Waals surface area contributed by atoms with Crippen LogP contribution in [0.5, 0.6) is 0 Å². The van der Waals surface area contributed by atoms with Gasteiger partial charge in [-0.05, 0) is 6.92 Å². The molecule has 15 heavy (non-hydrogen) atoms. The fourth-order valence-corrected chi connectivity index (χ4v) is 1.98. The van der Waals surface area contributed by atoms with Crippen molar-refractivity contribution in [3.05, 3.63) is 33.4 Å². The van der Waals surface area contributed by atoms with Crippen LogP contribution in [-0.4, -0.2) is 21.2 Å². The standard InChI is InChI=1S/C10H11N3O2/c1-6-4-11-13-8-2-3-15-5-7(8)10(14)12-9(6)13/h4H,2-3,5H2,1H3,(H,12,14). The van der Waals surface area contributed by atoms with Crippen molar-refractivity contribution in [2.24, 2.45) is 0 Å². The Morgan fingerprint density at radius 2 is 2.47 bits per heavy atom. The summed E-state index contributed by atoms with van der Waals surface area (Å²) in [5.41, 5.74) is 3.41. The minimum absolute atomic E-state index is 0.0548. The molecule has 0 atom stereocenters. The molecule has 0 unspecified atom stereocenters. The van der Waals surface area contributed by atoms with Crippen LogP contribution in [0.25, 0.3) is 5.65 Å². The van der Waals surface area contributed by atoms with Crippen LogP contribution < -0.4 is 5.56 Å². The largest absolute Gasteiger partial charge is 0.376 e. The van der Waals surface area contributed by atoms with Gasteiger partial charge in [0.1, 0.15) is 5.65 Å². The molecule has 0 spiro atoms. The first kappa shape index (κ1) is 8.67. The minimum Gasteiger partial charge on any atom is -0.376 e. The minimum atomic E-state index is -0.0548. The van der Waals surface area contributed by atoms with E-state index in [0.717, 1.165) is 23.3 Å². The molecule has 2 aromatic heterocycles. The Morgan fingerprint density at radius 1 is 1.60 bits per heavy atom. The van der Waals surface area contributed by atoms with Gasteiger partial charge in [0.2, 0.25) is 0 Å². The molecule has 0 saturated heterocycles. The third-order valence-electron chi connectivity index (χ3n) is 2.79. The SMILES string of the molecule is Cc1cnn2c3c(c(=O)[nH]c12)COCC3. The van der Waals surface area contributed by atoms with Gasteiger partial charge in [-0.1, -0.05) is 0 Å². The first-order valence-corrected chi connectivity index (χ1v) is 4.93. The second-order valence-electron chi connectivity index (χ2n) is 3.77. The highest BCUT2D eigenvalue weighted by Gasteiger charge is 2.18. The van der Waals surface area contributed by atoms with Crippen molar-refractivity contribution in [3.8, 4) is 0 Å². The monoisotopic (exact) mass is 205 g/mol. The second kappa shape index (κ2) is 2.93. The van der Waals surface area contributed by atoms with E-state index < -0.39 is 0 Å². The topological polar surface area (TPSA) is 59.4 Å². The number of aromatic nitrogens is 3. The van der Waals surface area contributed by atoms with E-state index in [9.17, 15) is 4.79 Å². The van der Waals surface area contributed by atoms with E-state index in [1.807, 2.05) is 11.4 Å². The zero-order valence-corrected chi connectivity index (χ0v) is 8.41. The Hall–Kier alpha value is -1.62. The fraction of sp³-hybridized carbons (Fsp3) is 0.400. The smallest absolute Gasteiger partial charge is 0.256 e. The number of aryl methyl sites for hydroxylation is 1. The normalized spacial score (nSPS) is 15.5. The van der Waals surface area contributed by atoms with Gasteiger partial charge >= 0.3 is 0 Å². The predicted molar refractivity (Wildman–Crippen MR) is 53.9 cm³/mol. The summed E-state index contributed by atoms with van der Waals surface area (Å²) in [6.07, 6.45) is 2.51. The number of aromatic amines is 1. The van der Waals surface area contributed by atoms with Crippen LogP contribution in [0.4, 0.5) is 0 Å². The molecular formula is C10H11N3O2. The highest BCUT2D eigenvalue weighted by molar-refractivity contribution is 5.47. The summed E-state index contributed by atoms with van der Waals surface area (Å²) in [5.74, 6) is 0. The van der Waals surface area contributed by atoms with Crippen LogP contribution in [0.15, 0.2) is 11.0 Å². The fourth-order valence-electron chi connectivity index (χ4n) is 1.98. The van der Waals surface area contributed by atoms with Crippen molar-refractivity contribution in [1.82, 2.24) is 14.6 Å². The van der Waals surface area contributed by atoms with Crippen molar-refractivity contribution in [1.29, 1.82) is 0 Å². The van der Waals surface area contributed by atoms with E-state index in [2.05, 4.69) is 10.1 Å². The van der Waals surface area contributed by atoms with Crippen molar-refractivity contribution in [2.75, 3.05) is 6.61 Å². The Kier molecular flexibility index (Phi) is 1.70. The van der Waals surface area contributed by atoms with Gasteiger partial charge < -0.3 is 9.72 Å². The number of hydrogen-bond donors (Lipinski definition) is 1. The molecule has 3 rings (SSSR count). The first-order chi connectivity index (χ1) is 7.27. The molecule has 2 aromatic rings. The van der Waals surface area contributed by atoms with Crippen LogP contribution in [-0.2, 0) is 17.8 Å². The molecule has 0 saturated carbocycles. The molecule has 0 aliphatic carbocycles. The molecule has 1 aliphatic heterocycles. The van der Waals surface area contributed by atoms with E-state index in [-0.39, 0.29) is 5.56 Å². The molecule has 5 nitrogen and oxygen atoms in total. The van der Waals surface area contributed by atoms with E-state index in [1.165, 1.54) is 0 Å². The lowest BCUT2D eigenvalue weighted by Gasteiger charge is -2.16. The summed E-state index contributed by atoms with van der Waals surface area (Å²) in [5, 5.41) is 4.26. The van der Waals surface area contributed by atoms with Gasteiger partial charge in [-0.3, -0.25) is 4.79 Å². The molecular weight excluding hydrogens is 194 g/mol. The highest BCUT2D eigenvalue weighted by Crippen LogP contribution is 2.15. The third-order valence-corrected chi connectivity index (χ3v) is 2.79. The lowest BCUT2D eigenvalue weighted by Crippen LogP contribution is -2.25. The van der Waals surface area contributed by atoms with Crippen LogP contribution in [0, 0.1) is 6.92 Å².